The van der Waals surface area contributed by atoms with Gasteiger partial charge in [0.15, 0.2) is 18.0 Å². The lowest BCUT2D eigenvalue weighted by Crippen LogP contribution is -2.54. The van der Waals surface area contributed by atoms with Gasteiger partial charge in [0.1, 0.15) is 5.60 Å². The van der Waals surface area contributed by atoms with Gasteiger partial charge in [-0.25, -0.2) is 4.79 Å². The summed E-state index contributed by atoms with van der Waals surface area (Å²) in [5, 5.41) is 11.4. The normalized spacial score (nSPS) is 37.5. The summed E-state index contributed by atoms with van der Waals surface area (Å²) in [6.45, 7) is 11.3. The topological polar surface area (TPSA) is 125 Å². The second kappa shape index (κ2) is 9.02. The number of ketones is 1. The van der Waals surface area contributed by atoms with Crippen molar-refractivity contribution in [1.82, 2.24) is 0 Å². The summed E-state index contributed by atoms with van der Waals surface area (Å²) in [5.74, 6) is -4.73. The van der Waals surface area contributed by atoms with Crippen molar-refractivity contribution in [2.75, 3.05) is 0 Å². The zero-order valence-electron chi connectivity index (χ0n) is 19.8. The molecule has 0 aromatic carbocycles. The van der Waals surface area contributed by atoms with Crippen LogP contribution in [0.3, 0.4) is 0 Å². The smallest absolute Gasteiger partial charge is 0.336 e. The Kier molecular flexibility index (Phi) is 6.87. The minimum absolute atomic E-state index is 0.00235. The van der Waals surface area contributed by atoms with Crippen molar-refractivity contribution in [3.05, 3.63) is 23.3 Å². The first-order valence-corrected chi connectivity index (χ1v) is 11.2. The molecule has 0 aromatic heterocycles. The van der Waals surface area contributed by atoms with E-state index in [1.165, 1.54) is 20.8 Å². The molecule has 3 rings (SSSR count). The molecule has 0 aliphatic carbocycles. The lowest BCUT2D eigenvalue weighted by Gasteiger charge is -2.40. The van der Waals surface area contributed by atoms with Gasteiger partial charge in [-0.1, -0.05) is 13.5 Å². The highest BCUT2D eigenvalue weighted by molar-refractivity contribution is 5.96. The minimum atomic E-state index is -2.29. The van der Waals surface area contributed by atoms with Gasteiger partial charge >= 0.3 is 17.9 Å². The first kappa shape index (κ1) is 25.1. The molecule has 0 radical (unpaired) electrons. The highest BCUT2D eigenvalue weighted by Crippen LogP contribution is 2.46. The van der Waals surface area contributed by atoms with Crippen LogP contribution in [-0.2, 0) is 38.1 Å². The van der Waals surface area contributed by atoms with Crippen molar-refractivity contribution in [2.45, 2.75) is 96.4 Å². The molecule has 0 saturated carbocycles. The van der Waals surface area contributed by atoms with Crippen LogP contribution in [0.4, 0.5) is 0 Å². The number of carbonyl (C=O) groups is 4. The molecule has 2 bridgehead atoms. The Balaban J connectivity index is 2.21. The summed E-state index contributed by atoms with van der Waals surface area (Å²) >= 11 is 0. The van der Waals surface area contributed by atoms with E-state index in [0.717, 1.165) is 0 Å². The van der Waals surface area contributed by atoms with Crippen LogP contribution in [0.1, 0.15) is 66.7 Å². The Morgan fingerprint density at radius 3 is 2.39 bits per heavy atom. The number of hydrogen-bond acceptors (Lipinski definition) is 9. The minimum Gasteiger partial charge on any atom is -0.455 e. The van der Waals surface area contributed by atoms with Gasteiger partial charge in [0.25, 0.3) is 0 Å². The zero-order valence-corrected chi connectivity index (χ0v) is 19.8. The second-order valence-corrected chi connectivity index (χ2v) is 9.50. The SMILES string of the molecule is C=C1C[C@@]2(O)OC(=O)C(C)=C2[C@H](OC(C)=O)[C@@H](OC(C)=O)C2(C)CC[C@@H](O2)[C@@H](C)CCC1=O. The summed E-state index contributed by atoms with van der Waals surface area (Å²) in [6, 6.07) is 0. The molecule has 3 aliphatic heterocycles. The third-order valence-corrected chi connectivity index (χ3v) is 6.79. The first-order valence-electron chi connectivity index (χ1n) is 11.2. The molecule has 0 aromatic rings. The van der Waals surface area contributed by atoms with Gasteiger partial charge in [0, 0.05) is 32.3 Å². The molecule has 2 fully saturated rings. The molecule has 1 N–H and O–H groups in total. The van der Waals surface area contributed by atoms with Crippen molar-refractivity contribution < 1.29 is 43.2 Å². The molecule has 0 spiro atoms. The Hall–Kier alpha value is -2.52. The van der Waals surface area contributed by atoms with E-state index in [1.54, 1.807) is 6.92 Å². The molecule has 2 saturated heterocycles. The number of carbonyl (C=O) groups excluding carboxylic acids is 4. The molecule has 0 amide bonds. The maximum atomic E-state index is 12.7. The van der Waals surface area contributed by atoms with E-state index in [-0.39, 0.29) is 40.9 Å². The molecule has 3 aliphatic rings. The Morgan fingerprint density at radius 2 is 1.79 bits per heavy atom. The molecule has 9 heteroatoms. The molecular formula is C24H32O9. The third kappa shape index (κ3) is 4.89. The molecule has 6 atom stereocenters. The van der Waals surface area contributed by atoms with Gasteiger partial charge in [-0.15, -0.1) is 0 Å². The second-order valence-electron chi connectivity index (χ2n) is 9.50. The summed E-state index contributed by atoms with van der Waals surface area (Å²) in [4.78, 5) is 49.5. The Bertz CT molecular complexity index is 919. The fourth-order valence-corrected chi connectivity index (χ4v) is 5.00. The van der Waals surface area contributed by atoms with Crippen LogP contribution >= 0.6 is 0 Å². The van der Waals surface area contributed by atoms with Gasteiger partial charge in [0.2, 0.25) is 5.79 Å². The van der Waals surface area contributed by atoms with Gasteiger partial charge in [0.05, 0.1) is 11.7 Å². The lowest BCUT2D eigenvalue weighted by molar-refractivity contribution is -0.205. The van der Waals surface area contributed by atoms with Crippen LogP contribution in [0, 0.1) is 5.92 Å². The number of hydrogen-bond donors (Lipinski definition) is 1. The molecule has 9 nitrogen and oxygen atoms in total. The number of fused-ring (bicyclic) bond motifs is 3. The van der Waals surface area contributed by atoms with Crippen molar-refractivity contribution >= 4 is 23.7 Å². The highest BCUT2D eigenvalue weighted by atomic mass is 16.7. The number of rotatable bonds is 2. The fraction of sp³-hybridized carbons (Fsp3) is 0.667. The average Bonchev–Trinajstić information content (AvgIpc) is 3.20. The first-order chi connectivity index (χ1) is 15.3. The third-order valence-electron chi connectivity index (χ3n) is 6.79. The summed E-state index contributed by atoms with van der Waals surface area (Å²) in [7, 11) is 0. The van der Waals surface area contributed by atoms with Crippen molar-refractivity contribution in [3.63, 3.8) is 0 Å². The van der Waals surface area contributed by atoms with Crippen molar-refractivity contribution in [3.8, 4) is 0 Å². The highest BCUT2D eigenvalue weighted by Gasteiger charge is 2.58. The van der Waals surface area contributed by atoms with E-state index in [1.807, 2.05) is 6.92 Å². The number of Topliss-reactive ketones (excluding diaryl/α,β-unsaturated/α-hetero) is 1. The molecular weight excluding hydrogens is 432 g/mol. The van der Waals surface area contributed by atoms with E-state index >= 15 is 0 Å². The van der Waals surface area contributed by atoms with E-state index < -0.39 is 47.9 Å². The summed E-state index contributed by atoms with van der Waals surface area (Å²) < 4.78 is 22.9. The van der Waals surface area contributed by atoms with E-state index in [9.17, 15) is 24.3 Å². The van der Waals surface area contributed by atoms with Crippen LogP contribution in [0.5, 0.6) is 0 Å². The van der Waals surface area contributed by atoms with Crippen molar-refractivity contribution in [1.29, 1.82) is 0 Å². The fourth-order valence-electron chi connectivity index (χ4n) is 5.00. The number of ether oxygens (including phenoxy) is 4. The predicted octanol–water partition coefficient (Wildman–Crippen LogP) is 2.29. The predicted molar refractivity (Wildman–Crippen MR) is 115 cm³/mol. The maximum Gasteiger partial charge on any atom is 0.336 e. The summed E-state index contributed by atoms with van der Waals surface area (Å²) in [5.41, 5.74) is -1.09. The van der Waals surface area contributed by atoms with Gasteiger partial charge in [-0.3, -0.25) is 14.4 Å². The average molecular weight is 465 g/mol. The Labute approximate surface area is 193 Å². The molecule has 182 valence electrons. The molecule has 3 heterocycles. The van der Waals surface area contributed by atoms with E-state index in [0.29, 0.717) is 19.3 Å². The number of aliphatic hydroxyl groups is 1. The van der Waals surface area contributed by atoms with Crippen LogP contribution < -0.4 is 0 Å². The Morgan fingerprint density at radius 1 is 1.15 bits per heavy atom. The largest absolute Gasteiger partial charge is 0.455 e. The standard InChI is InChI=1S/C24H32O9/c1-12-7-8-17(27)13(2)11-24(29)19(14(3)22(28)33-24)20(30-15(4)25)21(31-16(5)26)23(6)10-9-18(12)32-23/h12,18,20-21,29H,2,7-11H2,1,3-6H3/t12-,18+,20-,21+,23?,24+/m0/s1. The van der Waals surface area contributed by atoms with Crippen LogP contribution in [0.15, 0.2) is 23.3 Å². The van der Waals surface area contributed by atoms with Gasteiger partial charge in [-0.05, 0) is 44.6 Å². The van der Waals surface area contributed by atoms with Crippen LogP contribution in [0.25, 0.3) is 0 Å². The monoisotopic (exact) mass is 464 g/mol. The maximum absolute atomic E-state index is 12.7. The van der Waals surface area contributed by atoms with Gasteiger partial charge in [-0.2, -0.15) is 0 Å². The van der Waals surface area contributed by atoms with E-state index in [4.69, 9.17) is 18.9 Å². The molecule has 33 heavy (non-hydrogen) atoms. The molecule has 1 unspecified atom stereocenters. The van der Waals surface area contributed by atoms with Crippen LogP contribution in [-0.4, -0.2) is 58.5 Å². The zero-order chi connectivity index (χ0) is 24.7. The van der Waals surface area contributed by atoms with Crippen LogP contribution in [0.2, 0.25) is 0 Å². The number of esters is 3. The van der Waals surface area contributed by atoms with Gasteiger partial charge < -0.3 is 24.1 Å². The van der Waals surface area contributed by atoms with Crippen molar-refractivity contribution in [2.24, 2.45) is 5.92 Å². The lowest BCUT2D eigenvalue weighted by atomic mass is 9.81. The van der Waals surface area contributed by atoms with E-state index in [2.05, 4.69) is 6.58 Å². The summed E-state index contributed by atoms with van der Waals surface area (Å²) in [6.07, 6.45) is -1.35. The quantitative estimate of drug-likeness (QED) is 0.372.